The average molecular weight is 384 g/mol. The van der Waals surface area contributed by atoms with E-state index in [0.29, 0.717) is 29.2 Å². The van der Waals surface area contributed by atoms with E-state index in [9.17, 15) is 9.59 Å². The number of nitrogens with one attached hydrogen (secondary N) is 3. The van der Waals surface area contributed by atoms with E-state index in [-0.39, 0.29) is 17.7 Å². The number of carbonyl (C=O) groups excluding carboxylic acids is 2. The van der Waals surface area contributed by atoms with E-state index in [1.807, 2.05) is 38.2 Å². The Bertz CT molecular complexity index is 978. The smallest absolute Gasteiger partial charge is 0.251 e. The summed E-state index contributed by atoms with van der Waals surface area (Å²) in [5, 5.41) is 7.48. The van der Waals surface area contributed by atoms with Crippen molar-refractivity contribution >= 4 is 40.0 Å². The number of rotatable bonds is 6. The molecule has 2 amide bonds. The topological polar surface area (TPSA) is 74.0 Å². The maximum absolute atomic E-state index is 12.4. The molecule has 0 saturated heterocycles. The van der Waals surface area contributed by atoms with Crippen LogP contribution in [0.2, 0.25) is 5.02 Å². The minimum atomic E-state index is -0.173. The maximum Gasteiger partial charge on any atom is 0.251 e. The molecule has 1 aromatic heterocycles. The van der Waals surface area contributed by atoms with Gasteiger partial charge in [-0.25, -0.2) is 0 Å². The van der Waals surface area contributed by atoms with Crippen LogP contribution < -0.4 is 10.6 Å². The number of H-pyrrole nitrogens is 1. The van der Waals surface area contributed by atoms with Crippen molar-refractivity contribution in [2.75, 3.05) is 11.9 Å². The number of carbonyl (C=O) groups is 2. The van der Waals surface area contributed by atoms with Gasteiger partial charge in [-0.1, -0.05) is 31.5 Å². The number of anilines is 1. The van der Waals surface area contributed by atoms with Crippen LogP contribution in [0.5, 0.6) is 0 Å². The van der Waals surface area contributed by atoms with Gasteiger partial charge in [-0.3, -0.25) is 9.59 Å². The van der Waals surface area contributed by atoms with Crippen molar-refractivity contribution in [3.63, 3.8) is 0 Å². The van der Waals surface area contributed by atoms with Crippen molar-refractivity contribution in [3.05, 3.63) is 64.8 Å². The number of aromatic amines is 1. The van der Waals surface area contributed by atoms with E-state index in [1.54, 1.807) is 24.3 Å². The number of fused-ring (bicyclic) bond motifs is 1. The van der Waals surface area contributed by atoms with Gasteiger partial charge in [0.15, 0.2) is 0 Å². The SMILES string of the molecule is CC(C)C(=O)Nc1cccc(C(=O)NCCc2c[nH]c3ccc(Cl)cc23)c1. The lowest BCUT2D eigenvalue weighted by molar-refractivity contribution is -0.118. The molecule has 3 N–H and O–H groups in total. The molecule has 3 aromatic rings. The summed E-state index contributed by atoms with van der Waals surface area (Å²) in [5.41, 5.74) is 3.26. The molecule has 0 aliphatic rings. The molecule has 3 rings (SSSR count). The molecule has 6 heteroatoms. The largest absolute Gasteiger partial charge is 0.361 e. The molecular weight excluding hydrogens is 362 g/mol. The lowest BCUT2D eigenvalue weighted by Crippen LogP contribution is -2.26. The fraction of sp³-hybridized carbons (Fsp3) is 0.238. The Kier molecular flexibility index (Phi) is 5.81. The number of hydrogen-bond donors (Lipinski definition) is 3. The molecule has 0 atom stereocenters. The van der Waals surface area contributed by atoms with Crippen LogP contribution in [0, 0.1) is 5.92 Å². The maximum atomic E-state index is 12.4. The molecule has 140 valence electrons. The second kappa shape index (κ2) is 8.27. The molecule has 0 spiro atoms. The molecule has 0 bridgehead atoms. The third-order valence-corrected chi connectivity index (χ3v) is 4.56. The second-order valence-corrected chi connectivity index (χ2v) is 7.17. The van der Waals surface area contributed by atoms with Crippen molar-refractivity contribution in [2.45, 2.75) is 20.3 Å². The highest BCUT2D eigenvalue weighted by Gasteiger charge is 2.10. The van der Waals surface area contributed by atoms with E-state index < -0.39 is 0 Å². The van der Waals surface area contributed by atoms with Crippen LogP contribution in [0.4, 0.5) is 5.69 Å². The standard InChI is InChI=1S/C21H22ClN3O2/c1-13(2)20(26)25-17-5-3-4-14(10-17)21(27)23-9-8-15-12-24-19-7-6-16(22)11-18(15)19/h3-7,10-13,24H,8-9H2,1-2H3,(H,23,27)(H,25,26). The molecule has 1 heterocycles. The van der Waals surface area contributed by atoms with Gasteiger partial charge in [0, 0.05) is 45.8 Å². The van der Waals surface area contributed by atoms with Gasteiger partial charge in [-0.15, -0.1) is 0 Å². The molecule has 0 aliphatic heterocycles. The zero-order valence-corrected chi connectivity index (χ0v) is 16.1. The highest BCUT2D eigenvalue weighted by molar-refractivity contribution is 6.31. The van der Waals surface area contributed by atoms with Gasteiger partial charge in [-0.2, -0.15) is 0 Å². The highest BCUT2D eigenvalue weighted by atomic mass is 35.5. The first-order valence-corrected chi connectivity index (χ1v) is 9.26. The first-order chi connectivity index (χ1) is 12.9. The summed E-state index contributed by atoms with van der Waals surface area (Å²) in [6.45, 7) is 4.15. The van der Waals surface area contributed by atoms with Crippen molar-refractivity contribution in [1.29, 1.82) is 0 Å². The van der Waals surface area contributed by atoms with Gasteiger partial charge in [0.05, 0.1) is 0 Å². The molecule has 5 nitrogen and oxygen atoms in total. The number of hydrogen-bond acceptors (Lipinski definition) is 2. The minimum absolute atomic E-state index is 0.0782. The highest BCUT2D eigenvalue weighted by Crippen LogP contribution is 2.22. The molecule has 0 unspecified atom stereocenters. The van der Waals surface area contributed by atoms with Gasteiger partial charge in [0.25, 0.3) is 5.91 Å². The quantitative estimate of drug-likeness (QED) is 0.590. The third-order valence-electron chi connectivity index (χ3n) is 4.33. The van der Waals surface area contributed by atoms with E-state index in [4.69, 9.17) is 11.6 Å². The Morgan fingerprint density at radius 2 is 1.96 bits per heavy atom. The van der Waals surface area contributed by atoms with Crippen LogP contribution >= 0.6 is 11.6 Å². The van der Waals surface area contributed by atoms with Gasteiger partial charge < -0.3 is 15.6 Å². The Morgan fingerprint density at radius 3 is 2.74 bits per heavy atom. The van der Waals surface area contributed by atoms with Crippen molar-refractivity contribution in [1.82, 2.24) is 10.3 Å². The average Bonchev–Trinajstić information content (AvgIpc) is 3.04. The first-order valence-electron chi connectivity index (χ1n) is 8.88. The minimum Gasteiger partial charge on any atom is -0.361 e. The van der Waals surface area contributed by atoms with Crippen molar-refractivity contribution < 1.29 is 9.59 Å². The summed E-state index contributed by atoms with van der Waals surface area (Å²) in [6, 6.07) is 12.6. The molecule has 27 heavy (non-hydrogen) atoms. The van der Waals surface area contributed by atoms with Crippen LogP contribution in [-0.4, -0.2) is 23.3 Å². The van der Waals surface area contributed by atoms with Gasteiger partial charge >= 0.3 is 0 Å². The van der Waals surface area contributed by atoms with Crippen LogP contribution in [0.3, 0.4) is 0 Å². The summed E-state index contributed by atoms with van der Waals surface area (Å²) in [7, 11) is 0. The van der Waals surface area contributed by atoms with Gasteiger partial charge in [-0.05, 0) is 48.4 Å². The van der Waals surface area contributed by atoms with Gasteiger partial charge in [0.1, 0.15) is 0 Å². The van der Waals surface area contributed by atoms with E-state index in [0.717, 1.165) is 16.5 Å². The molecule has 2 aromatic carbocycles. The third kappa shape index (κ3) is 4.68. The zero-order chi connectivity index (χ0) is 19.4. The summed E-state index contributed by atoms with van der Waals surface area (Å²) in [6.07, 6.45) is 2.63. The summed E-state index contributed by atoms with van der Waals surface area (Å²) >= 11 is 6.07. The van der Waals surface area contributed by atoms with Crippen molar-refractivity contribution in [3.8, 4) is 0 Å². The van der Waals surface area contributed by atoms with Crippen LogP contribution in [0.1, 0.15) is 29.8 Å². The predicted octanol–water partition coefficient (Wildman–Crippen LogP) is 4.39. The Balaban J connectivity index is 1.60. The molecule has 0 radical (unpaired) electrons. The first kappa shape index (κ1) is 19.0. The summed E-state index contributed by atoms with van der Waals surface area (Å²) in [5.74, 6) is -0.369. The molecule has 0 saturated carbocycles. The van der Waals surface area contributed by atoms with Gasteiger partial charge in [0.2, 0.25) is 5.91 Å². The lowest BCUT2D eigenvalue weighted by Gasteiger charge is -2.10. The normalized spacial score (nSPS) is 11.0. The number of benzene rings is 2. The lowest BCUT2D eigenvalue weighted by atomic mass is 10.1. The molecular formula is C21H22ClN3O2. The fourth-order valence-corrected chi connectivity index (χ4v) is 2.97. The summed E-state index contributed by atoms with van der Waals surface area (Å²) < 4.78 is 0. The number of halogens is 1. The predicted molar refractivity (Wildman–Crippen MR) is 109 cm³/mol. The monoisotopic (exact) mass is 383 g/mol. The summed E-state index contributed by atoms with van der Waals surface area (Å²) in [4.78, 5) is 27.4. The van der Waals surface area contributed by atoms with Crippen LogP contribution in [0.15, 0.2) is 48.7 Å². The Labute approximate surface area is 163 Å². The molecule has 0 aliphatic carbocycles. The second-order valence-electron chi connectivity index (χ2n) is 6.73. The fourth-order valence-electron chi connectivity index (χ4n) is 2.80. The number of amides is 2. The van der Waals surface area contributed by atoms with E-state index in [2.05, 4.69) is 15.6 Å². The Hall–Kier alpha value is -2.79. The van der Waals surface area contributed by atoms with Crippen LogP contribution in [0.25, 0.3) is 10.9 Å². The number of aromatic nitrogens is 1. The van der Waals surface area contributed by atoms with E-state index >= 15 is 0 Å². The Morgan fingerprint density at radius 1 is 1.15 bits per heavy atom. The van der Waals surface area contributed by atoms with E-state index in [1.165, 1.54) is 0 Å². The van der Waals surface area contributed by atoms with Crippen molar-refractivity contribution in [2.24, 2.45) is 5.92 Å². The van der Waals surface area contributed by atoms with Crippen LogP contribution in [-0.2, 0) is 11.2 Å². The molecule has 0 fully saturated rings. The zero-order valence-electron chi connectivity index (χ0n) is 15.3.